The molecule has 154 valence electrons. The number of carbonyl (C=O) groups is 1. The van der Waals surface area contributed by atoms with Gasteiger partial charge in [-0.3, -0.25) is 9.48 Å². The second kappa shape index (κ2) is 7.14. The number of nitrogens with zero attached hydrogens (tertiary/aromatic N) is 3. The lowest BCUT2D eigenvalue weighted by Gasteiger charge is -2.30. The number of hydrogen-bond donors (Lipinski definition) is 3. The number of fused-ring (bicyclic) bond motifs is 2. The zero-order chi connectivity index (χ0) is 20.8. The number of piperazine rings is 1. The SMILES string of the molecule is Cc1cc2cc(NC(=O)c3ccc(N4CCNCC4)c4cn(C)nc34)cc(F)c2[nH]1. The van der Waals surface area contributed by atoms with Gasteiger partial charge in [0.2, 0.25) is 0 Å². The molecule has 5 rings (SSSR count). The van der Waals surface area contributed by atoms with Crippen molar-refractivity contribution in [1.29, 1.82) is 0 Å². The summed E-state index contributed by atoms with van der Waals surface area (Å²) < 4.78 is 16.1. The Kier molecular flexibility index (Phi) is 4.43. The zero-order valence-corrected chi connectivity index (χ0v) is 16.9. The van der Waals surface area contributed by atoms with E-state index in [4.69, 9.17) is 0 Å². The van der Waals surface area contributed by atoms with Crippen LogP contribution in [0.2, 0.25) is 0 Å². The predicted molar refractivity (Wildman–Crippen MR) is 117 cm³/mol. The molecule has 0 atom stereocenters. The number of halogens is 1. The molecule has 8 heteroatoms. The first-order valence-electron chi connectivity index (χ1n) is 10.0. The van der Waals surface area contributed by atoms with E-state index >= 15 is 0 Å². The second-order valence-electron chi connectivity index (χ2n) is 7.76. The van der Waals surface area contributed by atoms with E-state index in [0.29, 0.717) is 22.3 Å². The van der Waals surface area contributed by atoms with Crippen LogP contribution in [-0.4, -0.2) is 46.9 Å². The van der Waals surface area contributed by atoms with Gasteiger partial charge in [0.25, 0.3) is 5.91 Å². The van der Waals surface area contributed by atoms with Crippen LogP contribution in [0.3, 0.4) is 0 Å². The topological polar surface area (TPSA) is 78.0 Å². The molecule has 30 heavy (non-hydrogen) atoms. The summed E-state index contributed by atoms with van der Waals surface area (Å²) in [4.78, 5) is 18.4. The summed E-state index contributed by atoms with van der Waals surface area (Å²) in [7, 11) is 1.85. The van der Waals surface area contributed by atoms with Crippen molar-refractivity contribution in [2.45, 2.75) is 6.92 Å². The summed E-state index contributed by atoms with van der Waals surface area (Å²) in [5.74, 6) is -0.704. The summed E-state index contributed by atoms with van der Waals surface area (Å²) in [6.45, 7) is 5.54. The monoisotopic (exact) mass is 406 g/mol. The molecule has 1 aliphatic rings. The Hall–Kier alpha value is -3.39. The Morgan fingerprint density at radius 1 is 1.20 bits per heavy atom. The Labute approximate surface area is 172 Å². The van der Waals surface area contributed by atoms with Gasteiger partial charge < -0.3 is 20.5 Å². The van der Waals surface area contributed by atoms with E-state index in [-0.39, 0.29) is 5.91 Å². The van der Waals surface area contributed by atoms with Crippen LogP contribution in [0.25, 0.3) is 21.8 Å². The summed E-state index contributed by atoms with van der Waals surface area (Å²) in [5.41, 5.74) is 3.91. The van der Waals surface area contributed by atoms with Gasteiger partial charge in [0.05, 0.1) is 11.1 Å². The third-order valence-corrected chi connectivity index (χ3v) is 5.54. The Morgan fingerprint density at radius 2 is 2.00 bits per heavy atom. The molecule has 3 heterocycles. The Bertz CT molecular complexity index is 1270. The normalized spacial score (nSPS) is 14.6. The van der Waals surface area contributed by atoms with Crippen LogP contribution in [0.5, 0.6) is 0 Å². The molecule has 0 unspecified atom stereocenters. The molecule has 0 radical (unpaired) electrons. The van der Waals surface area contributed by atoms with Crippen molar-refractivity contribution in [3.63, 3.8) is 0 Å². The third kappa shape index (κ3) is 3.19. The molecule has 2 aromatic heterocycles. The molecule has 2 aromatic carbocycles. The molecule has 7 nitrogen and oxygen atoms in total. The van der Waals surface area contributed by atoms with Crippen molar-refractivity contribution < 1.29 is 9.18 Å². The lowest BCUT2D eigenvalue weighted by atomic mass is 10.1. The van der Waals surface area contributed by atoms with E-state index in [0.717, 1.165) is 48.3 Å². The molecule has 1 saturated heterocycles. The quantitative estimate of drug-likeness (QED) is 0.488. The number of aromatic nitrogens is 3. The van der Waals surface area contributed by atoms with Crippen molar-refractivity contribution in [2.75, 3.05) is 36.4 Å². The molecule has 0 spiro atoms. The summed E-state index contributed by atoms with van der Waals surface area (Å²) >= 11 is 0. The van der Waals surface area contributed by atoms with E-state index in [9.17, 15) is 9.18 Å². The van der Waals surface area contributed by atoms with Crippen molar-refractivity contribution >= 4 is 39.1 Å². The number of aryl methyl sites for hydroxylation is 2. The van der Waals surface area contributed by atoms with Crippen molar-refractivity contribution in [1.82, 2.24) is 20.1 Å². The van der Waals surface area contributed by atoms with Crippen LogP contribution in [0.15, 0.2) is 36.5 Å². The number of rotatable bonds is 3. The maximum Gasteiger partial charge on any atom is 0.257 e. The summed E-state index contributed by atoms with van der Waals surface area (Å²) in [5, 5.41) is 12.4. The first kappa shape index (κ1) is 18.6. The molecule has 0 bridgehead atoms. The highest BCUT2D eigenvalue weighted by Crippen LogP contribution is 2.30. The molecule has 1 fully saturated rings. The molecular weight excluding hydrogens is 383 g/mol. The third-order valence-electron chi connectivity index (χ3n) is 5.54. The van der Waals surface area contributed by atoms with Crippen LogP contribution >= 0.6 is 0 Å². The fraction of sp³-hybridized carbons (Fsp3) is 0.273. The van der Waals surface area contributed by atoms with Crippen molar-refractivity contribution in [3.8, 4) is 0 Å². The molecular formula is C22H23FN6O. The number of nitrogens with one attached hydrogen (secondary N) is 3. The number of aromatic amines is 1. The van der Waals surface area contributed by atoms with Gasteiger partial charge in [-0.05, 0) is 37.3 Å². The van der Waals surface area contributed by atoms with Gasteiger partial charge in [-0.2, -0.15) is 5.10 Å². The average molecular weight is 406 g/mol. The zero-order valence-electron chi connectivity index (χ0n) is 16.9. The highest BCUT2D eigenvalue weighted by molar-refractivity contribution is 6.14. The van der Waals surface area contributed by atoms with Gasteiger partial charge in [0.15, 0.2) is 0 Å². The number of benzene rings is 2. The van der Waals surface area contributed by atoms with E-state index in [1.54, 1.807) is 16.8 Å². The molecule has 0 saturated carbocycles. The first-order chi connectivity index (χ1) is 14.5. The number of amides is 1. The highest BCUT2D eigenvalue weighted by atomic mass is 19.1. The number of hydrogen-bond acceptors (Lipinski definition) is 4. The van der Waals surface area contributed by atoms with Gasteiger partial charge in [0, 0.05) is 67.3 Å². The Morgan fingerprint density at radius 3 is 2.80 bits per heavy atom. The molecule has 0 aliphatic carbocycles. The van der Waals surface area contributed by atoms with E-state index < -0.39 is 5.82 Å². The summed E-state index contributed by atoms with van der Waals surface area (Å²) in [6, 6.07) is 8.74. The molecule has 4 aromatic rings. The van der Waals surface area contributed by atoms with Crippen LogP contribution in [0.1, 0.15) is 16.1 Å². The van der Waals surface area contributed by atoms with Gasteiger partial charge in [0.1, 0.15) is 11.3 Å². The van der Waals surface area contributed by atoms with Gasteiger partial charge in [-0.15, -0.1) is 0 Å². The minimum atomic E-state index is -0.395. The fourth-order valence-electron chi connectivity index (χ4n) is 4.18. The van der Waals surface area contributed by atoms with Gasteiger partial charge in [-0.25, -0.2) is 4.39 Å². The number of H-pyrrole nitrogens is 1. The second-order valence-corrected chi connectivity index (χ2v) is 7.76. The summed E-state index contributed by atoms with van der Waals surface area (Å²) in [6.07, 6.45) is 1.94. The number of carbonyl (C=O) groups excluding carboxylic acids is 1. The molecule has 1 amide bonds. The number of anilines is 2. The maximum atomic E-state index is 14.4. The van der Waals surface area contributed by atoms with Crippen molar-refractivity contribution in [2.24, 2.45) is 7.05 Å². The molecule has 3 N–H and O–H groups in total. The highest BCUT2D eigenvalue weighted by Gasteiger charge is 2.20. The van der Waals surface area contributed by atoms with E-state index in [2.05, 4.69) is 25.6 Å². The van der Waals surface area contributed by atoms with Gasteiger partial charge in [-0.1, -0.05) is 0 Å². The van der Waals surface area contributed by atoms with Crippen LogP contribution in [0.4, 0.5) is 15.8 Å². The lowest BCUT2D eigenvalue weighted by Crippen LogP contribution is -2.43. The van der Waals surface area contributed by atoms with Crippen LogP contribution in [0, 0.1) is 12.7 Å². The van der Waals surface area contributed by atoms with Gasteiger partial charge >= 0.3 is 0 Å². The van der Waals surface area contributed by atoms with Crippen molar-refractivity contribution in [3.05, 3.63) is 53.6 Å². The lowest BCUT2D eigenvalue weighted by molar-refractivity contribution is 0.102. The molecule has 1 aliphatic heterocycles. The Balaban J connectivity index is 1.51. The van der Waals surface area contributed by atoms with E-state index in [1.165, 1.54) is 6.07 Å². The van der Waals surface area contributed by atoms with Crippen LogP contribution in [-0.2, 0) is 7.05 Å². The minimum Gasteiger partial charge on any atom is -0.368 e. The standard InChI is InChI=1S/C22H23FN6O/c1-13-9-14-10-15(11-18(23)20(14)25-13)26-22(30)16-3-4-19(29-7-5-24-6-8-29)17-12-28(2)27-21(16)17/h3-4,9-12,24-25H,5-8H2,1-2H3,(H,26,30). The van der Waals surface area contributed by atoms with Crippen LogP contribution < -0.4 is 15.5 Å². The smallest absolute Gasteiger partial charge is 0.257 e. The minimum absolute atomic E-state index is 0.309. The average Bonchev–Trinajstić information content (AvgIpc) is 3.29. The first-order valence-corrected chi connectivity index (χ1v) is 10.0. The largest absolute Gasteiger partial charge is 0.368 e. The fourth-order valence-corrected chi connectivity index (χ4v) is 4.18. The predicted octanol–water partition coefficient (Wildman–Crippen LogP) is 3.16. The van der Waals surface area contributed by atoms with E-state index in [1.807, 2.05) is 32.3 Å². The maximum absolute atomic E-state index is 14.4.